The third kappa shape index (κ3) is 5.57. The van der Waals surface area contributed by atoms with E-state index in [0.717, 1.165) is 48.6 Å². The van der Waals surface area contributed by atoms with Gasteiger partial charge in [-0.3, -0.25) is 14.5 Å². The van der Waals surface area contributed by atoms with E-state index in [1.165, 1.54) is 0 Å². The molecule has 0 saturated carbocycles. The summed E-state index contributed by atoms with van der Waals surface area (Å²) >= 11 is 0. The quantitative estimate of drug-likeness (QED) is 0.806. The second kappa shape index (κ2) is 9.37. The zero-order valence-corrected chi connectivity index (χ0v) is 16.4. The minimum Gasteiger partial charge on any atom is -0.497 e. The number of benzene rings is 2. The van der Waals surface area contributed by atoms with Crippen molar-refractivity contribution >= 4 is 23.2 Å². The largest absolute Gasteiger partial charge is 0.497 e. The van der Waals surface area contributed by atoms with E-state index in [-0.39, 0.29) is 17.7 Å². The van der Waals surface area contributed by atoms with Crippen LogP contribution >= 0.6 is 0 Å². The second-order valence-corrected chi connectivity index (χ2v) is 7.18. The maximum Gasteiger partial charge on any atom is 0.238 e. The normalized spacial score (nSPS) is 15.1. The van der Waals surface area contributed by atoms with Crippen LogP contribution in [-0.4, -0.2) is 43.5 Å². The molecule has 0 aromatic heterocycles. The van der Waals surface area contributed by atoms with Crippen LogP contribution in [0, 0.1) is 12.8 Å². The molecule has 0 unspecified atom stereocenters. The highest BCUT2D eigenvalue weighted by molar-refractivity contribution is 5.93. The van der Waals surface area contributed by atoms with E-state index >= 15 is 0 Å². The van der Waals surface area contributed by atoms with Gasteiger partial charge in [0.2, 0.25) is 11.8 Å². The van der Waals surface area contributed by atoms with Crippen LogP contribution in [0.5, 0.6) is 5.75 Å². The Labute approximate surface area is 165 Å². The molecule has 0 bridgehead atoms. The van der Waals surface area contributed by atoms with Crippen molar-refractivity contribution < 1.29 is 14.3 Å². The molecule has 3 rings (SSSR count). The summed E-state index contributed by atoms with van der Waals surface area (Å²) in [5.41, 5.74) is 2.74. The summed E-state index contributed by atoms with van der Waals surface area (Å²) in [5, 5.41) is 5.89. The molecule has 6 heteroatoms. The second-order valence-electron chi connectivity index (χ2n) is 7.18. The van der Waals surface area contributed by atoms with Gasteiger partial charge >= 0.3 is 0 Å². The minimum absolute atomic E-state index is 0.0232. The Balaban J connectivity index is 1.42. The third-order valence-electron chi connectivity index (χ3n) is 5.02. The number of amides is 2. The van der Waals surface area contributed by atoms with Gasteiger partial charge in [0.25, 0.3) is 0 Å². The number of hydrogen-bond donors (Lipinski definition) is 2. The van der Waals surface area contributed by atoms with Crippen molar-refractivity contribution in [2.45, 2.75) is 19.8 Å². The predicted molar refractivity (Wildman–Crippen MR) is 111 cm³/mol. The lowest BCUT2D eigenvalue weighted by Gasteiger charge is -2.30. The molecule has 0 aliphatic carbocycles. The zero-order chi connectivity index (χ0) is 19.9. The van der Waals surface area contributed by atoms with Crippen molar-refractivity contribution in [2.75, 3.05) is 37.4 Å². The van der Waals surface area contributed by atoms with Gasteiger partial charge in [0.1, 0.15) is 5.75 Å². The van der Waals surface area contributed by atoms with E-state index in [4.69, 9.17) is 4.74 Å². The molecule has 2 aromatic carbocycles. The topological polar surface area (TPSA) is 70.7 Å². The van der Waals surface area contributed by atoms with Crippen molar-refractivity contribution in [2.24, 2.45) is 5.92 Å². The molecule has 1 aliphatic rings. The molecular weight excluding hydrogens is 354 g/mol. The van der Waals surface area contributed by atoms with E-state index < -0.39 is 0 Å². The van der Waals surface area contributed by atoms with E-state index in [0.29, 0.717) is 6.54 Å². The lowest BCUT2D eigenvalue weighted by atomic mass is 9.96. The number of methoxy groups -OCH3 is 1. The number of rotatable bonds is 6. The Kier molecular flexibility index (Phi) is 6.66. The molecule has 1 fully saturated rings. The molecule has 6 nitrogen and oxygen atoms in total. The predicted octanol–water partition coefficient (Wildman–Crippen LogP) is 3.29. The van der Waals surface area contributed by atoms with Gasteiger partial charge in [-0.1, -0.05) is 17.7 Å². The van der Waals surface area contributed by atoms with Crippen molar-refractivity contribution in [3.63, 3.8) is 0 Å². The van der Waals surface area contributed by atoms with Crippen LogP contribution in [0.2, 0.25) is 0 Å². The van der Waals surface area contributed by atoms with Crippen molar-refractivity contribution in [3.8, 4) is 5.75 Å². The Morgan fingerprint density at radius 2 is 1.54 bits per heavy atom. The van der Waals surface area contributed by atoms with E-state index in [1.807, 2.05) is 55.5 Å². The third-order valence-corrected chi connectivity index (χ3v) is 5.02. The van der Waals surface area contributed by atoms with Crippen LogP contribution in [0.15, 0.2) is 48.5 Å². The average molecular weight is 381 g/mol. The molecule has 0 atom stereocenters. The Bertz CT molecular complexity index is 795. The first-order valence-electron chi connectivity index (χ1n) is 9.57. The number of carbonyl (C=O) groups excluding carboxylic acids is 2. The molecule has 28 heavy (non-hydrogen) atoms. The smallest absolute Gasteiger partial charge is 0.238 e. The first kappa shape index (κ1) is 19.9. The molecule has 0 spiro atoms. The van der Waals surface area contributed by atoms with Crippen molar-refractivity contribution in [1.29, 1.82) is 0 Å². The van der Waals surface area contributed by atoms with Crippen LogP contribution in [-0.2, 0) is 9.59 Å². The van der Waals surface area contributed by atoms with Gasteiger partial charge in [-0.25, -0.2) is 0 Å². The summed E-state index contributed by atoms with van der Waals surface area (Å²) in [5.74, 6) is 0.743. The number of anilines is 2. The molecule has 2 aromatic rings. The number of aryl methyl sites for hydroxylation is 1. The first-order valence-corrected chi connectivity index (χ1v) is 9.57. The lowest BCUT2D eigenvalue weighted by Crippen LogP contribution is -2.41. The Morgan fingerprint density at radius 1 is 0.964 bits per heavy atom. The number of nitrogens with zero attached hydrogens (tertiary/aromatic N) is 1. The monoisotopic (exact) mass is 381 g/mol. The van der Waals surface area contributed by atoms with Gasteiger partial charge in [-0.2, -0.15) is 0 Å². The average Bonchev–Trinajstić information content (AvgIpc) is 2.71. The van der Waals surface area contributed by atoms with E-state index in [9.17, 15) is 9.59 Å². The highest BCUT2D eigenvalue weighted by atomic mass is 16.5. The number of hydrogen-bond acceptors (Lipinski definition) is 4. The van der Waals surface area contributed by atoms with Crippen molar-refractivity contribution in [1.82, 2.24) is 4.90 Å². The molecule has 148 valence electrons. The fraction of sp³-hybridized carbons (Fsp3) is 0.364. The summed E-state index contributed by atoms with van der Waals surface area (Å²) < 4.78 is 5.13. The minimum atomic E-state index is -0.0292. The highest BCUT2D eigenvalue weighted by Crippen LogP contribution is 2.21. The molecule has 1 heterocycles. The number of likely N-dealkylation sites (tertiary alicyclic amines) is 1. The molecule has 1 aliphatic heterocycles. The summed E-state index contributed by atoms with van der Waals surface area (Å²) in [4.78, 5) is 26.8. The number of ether oxygens (including phenoxy) is 1. The van der Waals surface area contributed by atoms with E-state index in [2.05, 4.69) is 15.5 Å². The molecular formula is C22H27N3O3. The molecule has 2 N–H and O–H groups in total. The molecule has 2 amide bonds. The summed E-state index contributed by atoms with van der Waals surface area (Å²) in [6, 6.07) is 15.1. The maximum atomic E-state index is 12.5. The fourth-order valence-corrected chi connectivity index (χ4v) is 3.31. The van der Waals surface area contributed by atoms with Gasteiger partial charge < -0.3 is 15.4 Å². The molecule has 0 radical (unpaired) electrons. The van der Waals surface area contributed by atoms with Gasteiger partial charge in [0, 0.05) is 17.3 Å². The summed E-state index contributed by atoms with van der Waals surface area (Å²) in [6.45, 7) is 3.84. The van der Waals surface area contributed by atoms with Gasteiger partial charge in [0.15, 0.2) is 0 Å². The SMILES string of the molecule is COc1ccc(NC(=O)C2CCN(CC(=O)Nc3ccc(C)cc3)CC2)cc1. The zero-order valence-electron chi connectivity index (χ0n) is 16.4. The number of piperidine rings is 1. The van der Waals surface area contributed by atoms with Gasteiger partial charge in [-0.15, -0.1) is 0 Å². The van der Waals surface area contributed by atoms with Crippen molar-refractivity contribution in [3.05, 3.63) is 54.1 Å². The van der Waals surface area contributed by atoms with Crippen LogP contribution in [0.4, 0.5) is 11.4 Å². The number of nitrogens with one attached hydrogen (secondary N) is 2. The summed E-state index contributed by atoms with van der Waals surface area (Å²) in [7, 11) is 1.61. The van der Waals surface area contributed by atoms with Gasteiger partial charge in [0.05, 0.1) is 13.7 Å². The maximum absolute atomic E-state index is 12.5. The fourth-order valence-electron chi connectivity index (χ4n) is 3.31. The summed E-state index contributed by atoms with van der Waals surface area (Å²) in [6.07, 6.45) is 1.50. The van der Waals surface area contributed by atoms with Gasteiger partial charge in [-0.05, 0) is 69.3 Å². The lowest BCUT2D eigenvalue weighted by molar-refractivity contribution is -0.121. The highest BCUT2D eigenvalue weighted by Gasteiger charge is 2.26. The number of carbonyl (C=O) groups is 2. The van der Waals surface area contributed by atoms with Crippen LogP contribution < -0.4 is 15.4 Å². The standard InChI is InChI=1S/C22H27N3O3/c1-16-3-5-18(6-4-16)23-21(26)15-25-13-11-17(12-14-25)22(27)24-19-7-9-20(28-2)10-8-19/h3-10,17H,11-15H2,1-2H3,(H,23,26)(H,24,27). The Morgan fingerprint density at radius 3 is 2.14 bits per heavy atom. The van der Waals surface area contributed by atoms with Crippen LogP contribution in [0.3, 0.4) is 0 Å². The van der Waals surface area contributed by atoms with Crippen LogP contribution in [0.25, 0.3) is 0 Å². The van der Waals surface area contributed by atoms with E-state index in [1.54, 1.807) is 7.11 Å². The Hall–Kier alpha value is -2.86. The van der Waals surface area contributed by atoms with Crippen LogP contribution in [0.1, 0.15) is 18.4 Å². The first-order chi connectivity index (χ1) is 13.5. The molecule has 1 saturated heterocycles.